The molecule has 0 saturated carbocycles. The number of likely N-dealkylation sites (N-methyl/N-ethyl adjacent to an activating group) is 1. The lowest BCUT2D eigenvalue weighted by Gasteiger charge is -2.22. The van der Waals surface area contributed by atoms with E-state index in [-0.39, 0.29) is 0 Å². The van der Waals surface area contributed by atoms with Crippen LogP contribution in [0.5, 0.6) is 0 Å². The van der Waals surface area contributed by atoms with Gasteiger partial charge in [0.05, 0.1) is 5.52 Å². The van der Waals surface area contributed by atoms with Crippen molar-refractivity contribution < 1.29 is 0 Å². The molecule has 162 valence electrons. The van der Waals surface area contributed by atoms with Crippen LogP contribution in [-0.4, -0.2) is 48.1 Å². The summed E-state index contributed by atoms with van der Waals surface area (Å²) in [5.74, 6) is 0. The van der Waals surface area contributed by atoms with Crippen molar-refractivity contribution in [1.82, 2.24) is 14.9 Å². The van der Waals surface area contributed by atoms with Crippen molar-refractivity contribution in [2.45, 2.75) is 12.5 Å². The minimum atomic E-state index is 0.494. The van der Waals surface area contributed by atoms with Gasteiger partial charge in [-0.2, -0.15) is 0 Å². The van der Waals surface area contributed by atoms with Crippen LogP contribution < -0.4 is 10.2 Å². The first kappa shape index (κ1) is 20.7. The fourth-order valence-electron chi connectivity index (χ4n) is 4.29. The number of rotatable bonds is 5. The summed E-state index contributed by atoms with van der Waals surface area (Å²) in [5, 5.41) is 5.14. The molecule has 5 rings (SSSR count). The monoisotopic (exact) mass is 443 g/mol. The van der Waals surface area contributed by atoms with Crippen LogP contribution >= 0.6 is 11.6 Å². The Balaban J connectivity index is 1.39. The van der Waals surface area contributed by atoms with Gasteiger partial charge in [0, 0.05) is 59.5 Å². The molecule has 3 heterocycles. The highest BCUT2D eigenvalue weighted by molar-refractivity contribution is 6.29. The third-order valence-electron chi connectivity index (χ3n) is 6.21. The molecule has 0 aliphatic carbocycles. The Kier molecular flexibility index (Phi) is 5.68. The second-order valence-electron chi connectivity index (χ2n) is 8.48. The zero-order valence-corrected chi connectivity index (χ0v) is 19.0. The molecule has 1 unspecified atom stereocenters. The van der Waals surface area contributed by atoms with E-state index in [4.69, 9.17) is 11.6 Å². The number of benzene rings is 2. The van der Waals surface area contributed by atoms with E-state index in [1.165, 1.54) is 12.1 Å². The quantitative estimate of drug-likeness (QED) is 0.393. The Bertz CT molecular complexity index is 1220. The average molecular weight is 444 g/mol. The van der Waals surface area contributed by atoms with E-state index < -0.39 is 0 Å². The highest BCUT2D eigenvalue weighted by Crippen LogP contribution is 2.31. The summed E-state index contributed by atoms with van der Waals surface area (Å²) < 4.78 is 0. The van der Waals surface area contributed by atoms with Crippen LogP contribution in [0.15, 0.2) is 73.1 Å². The Morgan fingerprint density at radius 3 is 2.50 bits per heavy atom. The molecule has 0 bridgehead atoms. The first-order valence-corrected chi connectivity index (χ1v) is 11.2. The van der Waals surface area contributed by atoms with Crippen molar-refractivity contribution in [3.05, 3.63) is 78.2 Å². The van der Waals surface area contributed by atoms with Crippen molar-refractivity contribution in [3.63, 3.8) is 0 Å². The van der Waals surface area contributed by atoms with Gasteiger partial charge >= 0.3 is 0 Å². The van der Waals surface area contributed by atoms with E-state index >= 15 is 0 Å². The Morgan fingerprint density at radius 1 is 0.969 bits per heavy atom. The largest absolute Gasteiger partial charge is 0.370 e. The molecule has 2 aromatic carbocycles. The highest BCUT2D eigenvalue weighted by atomic mass is 35.5. The molecule has 0 spiro atoms. The molecular weight excluding hydrogens is 418 g/mol. The molecule has 1 aliphatic heterocycles. The number of pyridine rings is 2. The van der Waals surface area contributed by atoms with Crippen molar-refractivity contribution in [1.29, 1.82) is 0 Å². The third kappa shape index (κ3) is 4.27. The molecular formula is C26H26ClN5. The molecule has 6 heteroatoms. The third-order valence-corrected chi connectivity index (χ3v) is 6.43. The van der Waals surface area contributed by atoms with Crippen LogP contribution in [0.25, 0.3) is 22.0 Å². The maximum Gasteiger partial charge on any atom is 0.129 e. The molecule has 1 fully saturated rings. The first-order valence-electron chi connectivity index (χ1n) is 10.9. The number of hydrogen-bond donors (Lipinski definition) is 1. The van der Waals surface area contributed by atoms with Gasteiger partial charge in [0.15, 0.2) is 0 Å². The molecule has 1 aliphatic rings. The fourth-order valence-corrected chi connectivity index (χ4v) is 4.40. The molecule has 1 N–H and O–H groups in total. The molecule has 5 nitrogen and oxygen atoms in total. The van der Waals surface area contributed by atoms with E-state index in [0.717, 1.165) is 46.5 Å². The van der Waals surface area contributed by atoms with Gasteiger partial charge in [0.2, 0.25) is 0 Å². The number of aromatic nitrogens is 2. The lowest BCUT2D eigenvalue weighted by molar-refractivity contribution is 0.315. The van der Waals surface area contributed by atoms with Crippen molar-refractivity contribution in [3.8, 4) is 11.1 Å². The summed E-state index contributed by atoms with van der Waals surface area (Å²) in [6.07, 6.45) is 4.85. The maximum atomic E-state index is 5.95. The molecule has 4 aromatic rings. The van der Waals surface area contributed by atoms with E-state index in [0.29, 0.717) is 11.2 Å². The highest BCUT2D eigenvalue weighted by Gasteiger charge is 2.23. The maximum absolute atomic E-state index is 5.95. The van der Waals surface area contributed by atoms with Crippen molar-refractivity contribution >= 4 is 39.6 Å². The predicted octanol–water partition coefficient (Wildman–Crippen LogP) is 5.83. The number of fused-ring (bicyclic) bond motifs is 1. The molecule has 1 saturated heterocycles. The normalized spacial score (nSPS) is 16.1. The zero-order valence-electron chi connectivity index (χ0n) is 18.3. The number of nitrogens with zero attached hydrogens (tertiary/aromatic N) is 4. The van der Waals surface area contributed by atoms with Crippen molar-refractivity contribution in [2.24, 2.45) is 0 Å². The fraction of sp³-hybridized carbons (Fsp3) is 0.231. The topological polar surface area (TPSA) is 44.3 Å². The Hall–Kier alpha value is -3.15. The van der Waals surface area contributed by atoms with E-state index in [2.05, 4.69) is 75.6 Å². The molecule has 0 radical (unpaired) electrons. The number of nitrogens with one attached hydrogen (secondary N) is 1. The first-order chi connectivity index (χ1) is 15.6. The van der Waals surface area contributed by atoms with E-state index in [1.807, 2.05) is 30.5 Å². The van der Waals surface area contributed by atoms with Gasteiger partial charge in [-0.1, -0.05) is 17.7 Å². The smallest absolute Gasteiger partial charge is 0.129 e. The number of halogens is 1. The van der Waals surface area contributed by atoms with E-state index in [1.54, 1.807) is 6.20 Å². The van der Waals surface area contributed by atoms with Crippen LogP contribution in [0.2, 0.25) is 5.15 Å². The molecule has 2 aromatic heterocycles. The average Bonchev–Trinajstić information content (AvgIpc) is 3.31. The Morgan fingerprint density at radius 2 is 1.78 bits per heavy atom. The predicted molar refractivity (Wildman–Crippen MR) is 134 cm³/mol. The Labute approximate surface area is 193 Å². The summed E-state index contributed by atoms with van der Waals surface area (Å²) in [6, 6.07) is 21.4. The second-order valence-corrected chi connectivity index (χ2v) is 8.87. The van der Waals surface area contributed by atoms with Gasteiger partial charge in [-0.25, -0.2) is 4.98 Å². The van der Waals surface area contributed by atoms with Crippen molar-refractivity contribution in [2.75, 3.05) is 37.4 Å². The minimum Gasteiger partial charge on any atom is -0.370 e. The molecule has 0 amide bonds. The summed E-state index contributed by atoms with van der Waals surface area (Å²) in [6.45, 7) is 2.18. The molecule has 32 heavy (non-hydrogen) atoms. The lowest BCUT2D eigenvalue weighted by atomic mass is 10.0. The standard InChI is InChI=1S/C26H26ClN5/c1-31(2)22-12-14-32(17-22)21-7-5-20(6-8-21)30-25-11-13-28-24-9-3-18(15-23(24)25)19-4-10-26(27)29-16-19/h3-11,13,15-16,22H,12,14,17H2,1-2H3,(H,28,30). The second kappa shape index (κ2) is 8.77. The summed E-state index contributed by atoms with van der Waals surface area (Å²) in [7, 11) is 4.32. The van der Waals surface area contributed by atoms with E-state index in [9.17, 15) is 0 Å². The van der Waals surface area contributed by atoms with Gasteiger partial charge in [0.25, 0.3) is 0 Å². The van der Waals surface area contributed by atoms with Crippen LogP contribution in [0.1, 0.15) is 6.42 Å². The van der Waals surface area contributed by atoms with Gasteiger partial charge in [-0.3, -0.25) is 4.98 Å². The van der Waals surface area contributed by atoms with Crippen LogP contribution in [-0.2, 0) is 0 Å². The minimum absolute atomic E-state index is 0.494. The van der Waals surface area contributed by atoms with Gasteiger partial charge < -0.3 is 15.1 Å². The zero-order chi connectivity index (χ0) is 22.1. The van der Waals surface area contributed by atoms with Crippen LogP contribution in [0.3, 0.4) is 0 Å². The number of anilines is 3. The summed E-state index contributed by atoms with van der Waals surface area (Å²) in [4.78, 5) is 13.5. The SMILES string of the molecule is CN(C)C1CCN(c2ccc(Nc3ccnc4ccc(-c5ccc(Cl)nc5)cc34)cc2)C1. The number of hydrogen-bond acceptors (Lipinski definition) is 5. The van der Waals surface area contributed by atoms with Gasteiger partial charge in [-0.15, -0.1) is 0 Å². The van der Waals surface area contributed by atoms with Gasteiger partial charge in [-0.05, 0) is 80.7 Å². The summed E-state index contributed by atoms with van der Waals surface area (Å²) in [5.41, 5.74) is 6.42. The van der Waals surface area contributed by atoms with Gasteiger partial charge in [0.1, 0.15) is 5.15 Å². The van der Waals surface area contributed by atoms with Crippen LogP contribution in [0, 0.1) is 0 Å². The molecule has 1 atom stereocenters. The summed E-state index contributed by atoms with van der Waals surface area (Å²) >= 11 is 5.95. The van der Waals surface area contributed by atoms with Crippen LogP contribution in [0.4, 0.5) is 17.1 Å². The lowest BCUT2D eigenvalue weighted by Crippen LogP contribution is -2.31.